The van der Waals surface area contributed by atoms with Crippen molar-refractivity contribution in [2.75, 3.05) is 46.5 Å². The van der Waals surface area contributed by atoms with Crippen molar-refractivity contribution in [3.63, 3.8) is 0 Å². The minimum absolute atomic E-state index is 0.112. The number of methoxy groups -OCH3 is 1. The van der Waals surface area contributed by atoms with Crippen LogP contribution in [0.2, 0.25) is 0 Å². The van der Waals surface area contributed by atoms with Crippen molar-refractivity contribution in [1.82, 2.24) is 24.7 Å². The lowest BCUT2D eigenvalue weighted by Crippen LogP contribution is -2.42. The van der Waals surface area contributed by atoms with Crippen LogP contribution in [-0.4, -0.2) is 76.9 Å². The summed E-state index contributed by atoms with van der Waals surface area (Å²) in [5.41, 5.74) is 3.22. The van der Waals surface area contributed by atoms with Crippen molar-refractivity contribution in [1.29, 1.82) is 0 Å². The minimum atomic E-state index is -0.370. The molecule has 0 spiro atoms. The normalized spacial score (nSPS) is 20.6. The highest BCUT2D eigenvalue weighted by molar-refractivity contribution is 7.80. The van der Waals surface area contributed by atoms with E-state index in [2.05, 4.69) is 30.7 Å². The van der Waals surface area contributed by atoms with Crippen molar-refractivity contribution in [3.05, 3.63) is 83.9 Å². The van der Waals surface area contributed by atoms with Crippen LogP contribution < -0.4 is 5.32 Å². The third kappa shape index (κ3) is 4.80. The zero-order valence-electron chi connectivity index (χ0n) is 19.7. The molecular weight excluding hydrogens is 462 g/mol. The Balaban J connectivity index is 1.54. The Morgan fingerprint density at radius 1 is 1.11 bits per heavy atom. The largest absolute Gasteiger partial charge is 0.465 e. The Labute approximate surface area is 210 Å². The number of thiocarbonyl (C=S) groups is 1. The standard InChI is InChI=1S/C26H29N5O3S/c1-33-25(32)19-7-2-3-9-21(19)30-12-6-10-22(30)24-23(20-8-4-5-11-27-20)28-26(35)31(24)14-13-29-15-17-34-18-16-29/h2-12,23-24H,13-18H2,1H3,(H,28,35)/t23-,24+/m1/s1. The fraction of sp³-hybridized carbons (Fsp3) is 0.346. The van der Waals surface area contributed by atoms with Crippen LogP contribution in [0.4, 0.5) is 0 Å². The summed E-state index contributed by atoms with van der Waals surface area (Å²) in [6, 6.07) is 17.3. The number of carbonyl (C=O) groups is 1. The second-order valence-electron chi connectivity index (χ2n) is 8.59. The van der Waals surface area contributed by atoms with E-state index in [4.69, 9.17) is 21.7 Å². The molecule has 0 saturated carbocycles. The summed E-state index contributed by atoms with van der Waals surface area (Å²) in [4.78, 5) is 21.8. The maximum atomic E-state index is 12.5. The highest BCUT2D eigenvalue weighted by atomic mass is 32.1. The van der Waals surface area contributed by atoms with Crippen molar-refractivity contribution < 1.29 is 14.3 Å². The second-order valence-corrected chi connectivity index (χ2v) is 8.97. The van der Waals surface area contributed by atoms with Gasteiger partial charge in [-0.05, 0) is 48.6 Å². The number of nitrogens with one attached hydrogen (secondary N) is 1. The molecule has 4 heterocycles. The van der Waals surface area contributed by atoms with Gasteiger partial charge in [0.2, 0.25) is 0 Å². The fourth-order valence-electron chi connectivity index (χ4n) is 4.86. The third-order valence-corrected chi connectivity index (χ3v) is 6.96. The average Bonchev–Trinajstić information content (AvgIpc) is 3.52. The Kier molecular flexibility index (Phi) is 7.08. The SMILES string of the molecule is COC(=O)c1ccccc1-n1cccc1[C@H]1[C@@H](c2ccccn2)NC(=S)N1CCN1CCOCC1. The van der Waals surface area contributed by atoms with E-state index in [9.17, 15) is 4.79 Å². The Morgan fingerprint density at radius 3 is 2.69 bits per heavy atom. The maximum absolute atomic E-state index is 12.5. The van der Waals surface area contributed by atoms with Crippen LogP contribution in [0.25, 0.3) is 5.69 Å². The first kappa shape index (κ1) is 23.5. The first-order valence-corrected chi connectivity index (χ1v) is 12.2. The van der Waals surface area contributed by atoms with E-state index < -0.39 is 0 Å². The van der Waals surface area contributed by atoms with Gasteiger partial charge in [-0.25, -0.2) is 4.79 Å². The molecule has 2 saturated heterocycles. The highest BCUT2D eigenvalue weighted by Crippen LogP contribution is 2.39. The first-order valence-electron chi connectivity index (χ1n) is 11.8. The number of morpholine rings is 1. The van der Waals surface area contributed by atoms with E-state index in [1.165, 1.54) is 7.11 Å². The van der Waals surface area contributed by atoms with Crippen molar-refractivity contribution >= 4 is 23.3 Å². The molecule has 1 aromatic carbocycles. The van der Waals surface area contributed by atoms with Crippen molar-refractivity contribution in [2.24, 2.45) is 0 Å². The maximum Gasteiger partial charge on any atom is 0.339 e. The summed E-state index contributed by atoms with van der Waals surface area (Å²) in [6.45, 7) is 5.02. The quantitative estimate of drug-likeness (QED) is 0.400. The van der Waals surface area contributed by atoms with Gasteiger partial charge in [0.25, 0.3) is 0 Å². The third-order valence-electron chi connectivity index (χ3n) is 6.61. The fourth-order valence-corrected chi connectivity index (χ4v) is 5.19. The molecule has 2 aliphatic rings. The highest BCUT2D eigenvalue weighted by Gasteiger charge is 2.41. The molecule has 5 rings (SSSR count). The van der Waals surface area contributed by atoms with Gasteiger partial charge in [-0.1, -0.05) is 18.2 Å². The zero-order chi connectivity index (χ0) is 24.2. The molecule has 2 aromatic heterocycles. The number of hydrogen-bond acceptors (Lipinski definition) is 6. The van der Waals surface area contributed by atoms with Gasteiger partial charge in [-0.3, -0.25) is 9.88 Å². The van der Waals surface area contributed by atoms with Crippen LogP contribution >= 0.6 is 12.2 Å². The van der Waals surface area contributed by atoms with Crippen LogP contribution in [0.3, 0.4) is 0 Å². The summed E-state index contributed by atoms with van der Waals surface area (Å²) < 4.78 is 12.6. The van der Waals surface area contributed by atoms with E-state index in [0.29, 0.717) is 10.7 Å². The number of pyridine rings is 1. The molecular formula is C26H29N5O3S. The molecule has 182 valence electrons. The molecule has 2 fully saturated rings. The van der Waals surface area contributed by atoms with E-state index >= 15 is 0 Å². The number of aromatic nitrogens is 2. The molecule has 0 radical (unpaired) electrons. The van der Waals surface area contributed by atoms with E-state index in [1.807, 2.05) is 48.7 Å². The zero-order valence-corrected chi connectivity index (χ0v) is 20.5. The molecule has 1 N–H and O–H groups in total. The number of hydrogen-bond donors (Lipinski definition) is 1. The predicted octanol–water partition coefficient (Wildman–Crippen LogP) is 2.96. The molecule has 0 bridgehead atoms. The Bertz CT molecular complexity index is 1180. The lowest BCUT2D eigenvalue weighted by molar-refractivity contribution is 0.0349. The monoisotopic (exact) mass is 491 g/mol. The lowest BCUT2D eigenvalue weighted by Gasteiger charge is -2.32. The Morgan fingerprint density at radius 2 is 1.91 bits per heavy atom. The molecule has 8 nitrogen and oxygen atoms in total. The van der Waals surface area contributed by atoms with Gasteiger partial charge in [0.05, 0.1) is 49.4 Å². The summed E-state index contributed by atoms with van der Waals surface area (Å²) >= 11 is 5.84. The summed E-state index contributed by atoms with van der Waals surface area (Å²) in [5.74, 6) is -0.370. The molecule has 0 unspecified atom stereocenters. The molecule has 9 heteroatoms. The summed E-state index contributed by atoms with van der Waals surface area (Å²) in [6.07, 6.45) is 3.78. The topological polar surface area (TPSA) is 71.9 Å². The number of esters is 1. The van der Waals surface area contributed by atoms with Crippen LogP contribution in [0.1, 0.15) is 33.8 Å². The number of ether oxygens (including phenoxy) is 2. The van der Waals surface area contributed by atoms with Gasteiger partial charge >= 0.3 is 5.97 Å². The van der Waals surface area contributed by atoms with Gasteiger partial charge in [-0.2, -0.15) is 0 Å². The van der Waals surface area contributed by atoms with Crippen molar-refractivity contribution in [3.8, 4) is 5.69 Å². The van der Waals surface area contributed by atoms with E-state index in [-0.39, 0.29) is 18.1 Å². The average molecular weight is 492 g/mol. The van der Waals surface area contributed by atoms with Crippen LogP contribution in [0.15, 0.2) is 67.0 Å². The molecule has 3 aromatic rings. The van der Waals surface area contributed by atoms with Crippen LogP contribution in [0.5, 0.6) is 0 Å². The van der Waals surface area contributed by atoms with Gasteiger partial charge in [-0.15, -0.1) is 0 Å². The van der Waals surface area contributed by atoms with Crippen LogP contribution in [0, 0.1) is 0 Å². The number of para-hydroxylation sites is 1. The molecule has 35 heavy (non-hydrogen) atoms. The predicted molar refractivity (Wildman–Crippen MR) is 137 cm³/mol. The molecule has 0 amide bonds. The number of carbonyl (C=O) groups excluding carboxylic acids is 1. The second kappa shape index (κ2) is 10.6. The van der Waals surface area contributed by atoms with E-state index in [0.717, 1.165) is 56.5 Å². The Hall–Kier alpha value is -3.27. The number of rotatable bonds is 7. The molecule has 2 atom stereocenters. The number of nitrogens with zero attached hydrogens (tertiary/aromatic N) is 4. The van der Waals surface area contributed by atoms with Crippen LogP contribution in [-0.2, 0) is 9.47 Å². The van der Waals surface area contributed by atoms with Gasteiger partial charge in [0.1, 0.15) is 0 Å². The minimum Gasteiger partial charge on any atom is -0.465 e. The lowest BCUT2D eigenvalue weighted by atomic mass is 10.0. The summed E-state index contributed by atoms with van der Waals surface area (Å²) in [5, 5.41) is 4.22. The van der Waals surface area contributed by atoms with Crippen molar-refractivity contribution in [2.45, 2.75) is 12.1 Å². The van der Waals surface area contributed by atoms with E-state index in [1.54, 1.807) is 12.3 Å². The smallest absolute Gasteiger partial charge is 0.339 e. The van der Waals surface area contributed by atoms with Gasteiger partial charge < -0.3 is 24.3 Å². The molecule has 2 aliphatic heterocycles. The summed E-state index contributed by atoms with van der Waals surface area (Å²) in [7, 11) is 1.40. The molecule has 0 aliphatic carbocycles. The first-order chi connectivity index (χ1) is 17.2. The van der Waals surface area contributed by atoms with Gasteiger partial charge in [0, 0.05) is 44.3 Å². The van der Waals surface area contributed by atoms with Gasteiger partial charge in [0.15, 0.2) is 5.11 Å². The number of benzene rings is 1.